The van der Waals surface area contributed by atoms with Gasteiger partial charge in [-0.15, -0.1) is 12.4 Å². The average molecular weight is 236 g/mol. The summed E-state index contributed by atoms with van der Waals surface area (Å²) in [6.07, 6.45) is 0. The van der Waals surface area contributed by atoms with E-state index in [0.717, 1.165) is 12.1 Å². The Balaban J connectivity index is 0.00000196. The minimum Gasteiger partial charge on any atom is -0.329 e. The number of nitrogens with two attached hydrogens (primary N) is 2. The number of hydrogen-bond acceptors (Lipinski definition) is 4. The molecule has 0 amide bonds. The van der Waals surface area contributed by atoms with Crippen LogP contribution in [0.1, 0.15) is 11.6 Å². The summed E-state index contributed by atoms with van der Waals surface area (Å²) in [7, 11) is 0. The second-order valence-electron chi connectivity index (χ2n) is 2.81. The fraction of sp³-hybridized carbons (Fsp3) is 0.250. The monoisotopic (exact) mass is 235 g/mol. The third-order valence-corrected chi connectivity index (χ3v) is 1.85. The summed E-state index contributed by atoms with van der Waals surface area (Å²) in [5.74, 6) is -0.872. The first kappa shape index (κ1) is 13.8. The summed E-state index contributed by atoms with van der Waals surface area (Å²) >= 11 is 0. The van der Waals surface area contributed by atoms with Gasteiger partial charge in [0, 0.05) is 18.7 Å². The zero-order valence-corrected chi connectivity index (χ0v) is 8.54. The number of rotatable bonds is 3. The molecule has 0 aromatic heterocycles. The molecule has 4 N–H and O–H groups in total. The number of nitro benzene ring substituents is 1. The molecule has 0 bridgehead atoms. The minimum atomic E-state index is -0.872. The van der Waals surface area contributed by atoms with E-state index in [1.54, 1.807) is 0 Å². The first-order valence-corrected chi connectivity index (χ1v) is 3.95. The number of nitro groups is 1. The Bertz CT molecular complexity index is 362. The van der Waals surface area contributed by atoms with Gasteiger partial charge >= 0.3 is 5.69 Å². The molecular formula is C8H11ClFN3O2. The van der Waals surface area contributed by atoms with Crippen molar-refractivity contribution in [2.24, 2.45) is 11.5 Å². The van der Waals surface area contributed by atoms with Crippen molar-refractivity contribution >= 4 is 18.1 Å². The van der Waals surface area contributed by atoms with Gasteiger partial charge in [0.2, 0.25) is 5.82 Å². The second kappa shape index (κ2) is 5.59. The van der Waals surface area contributed by atoms with Crippen LogP contribution in [0.2, 0.25) is 0 Å². The van der Waals surface area contributed by atoms with Crippen molar-refractivity contribution in [3.8, 4) is 0 Å². The third kappa shape index (κ3) is 3.12. The fourth-order valence-corrected chi connectivity index (χ4v) is 1.04. The lowest BCUT2D eigenvalue weighted by atomic mass is 10.1. The van der Waals surface area contributed by atoms with Crippen LogP contribution in [0, 0.1) is 15.9 Å². The van der Waals surface area contributed by atoms with Crippen molar-refractivity contribution < 1.29 is 9.31 Å². The van der Waals surface area contributed by atoms with Gasteiger partial charge in [0.25, 0.3) is 0 Å². The number of benzene rings is 1. The molecule has 0 aliphatic rings. The quantitative estimate of drug-likeness (QED) is 0.606. The molecule has 0 aliphatic heterocycles. The van der Waals surface area contributed by atoms with Gasteiger partial charge in [0.15, 0.2) is 0 Å². The van der Waals surface area contributed by atoms with Gasteiger partial charge in [0.1, 0.15) is 0 Å². The van der Waals surface area contributed by atoms with Crippen molar-refractivity contribution in [2.75, 3.05) is 6.54 Å². The molecule has 1 rings (SSSR count). The fourth-order valence-electron chi connectivity index (χ4n) is 1.04. The van der Waals surface area contributed by atoms with Crippen LogP contribution < -0.4 is 11.5 Å². The molecule has 0 saturated carbocycles. The summed E-state index contributed by atoms with van der Waals surface area (Å²) in [4.78, 5) is 9.59. The van der Waals surface area contributed by atoms with Crippen LogP contribution in [0.4, 0.5) is 10.1 Å². The lowest BCUT2D eigenvalue weighted by Crippen LogP contribution is -2.20. The molecular weight excluding hydrogens is 225 g/mol. The lowest BCUT2D eigenvalue weighted by Gasteiger charge is -2.08. The Kier molecular flexibility index (Phi) is 5.13. The van der Waals surface area contributed by atoms with E-state index >= 15 is 0 Å². The van der Waals surface area contributed by atoms with Gasteiger partial charge in [-0.05, 0) is 11.6 Å². The molecule has 15 heavy (non-hydrogen) atoms. The smallest absolute Gasteiger partial charge is 0.305 e. The van der Waals surface area contributed by atoms with Crippen LogP contribution in [0.5, 0.6) is 0 Å². The molecule has 0 fully saturated rings. The zero-order valence-electron chi connectivity index (χ0n) is 7.72. The Morgan fingerprint density at radius 2 is 2.13 bits per heavy atom. The van der Waals surface area contributed by atoms with Crippen molar-refractivity contribution in [1.82, 2.24) is 0 Å². The van der Waals surface area contributed by atoms with Crippen LogP contribution in [0.25, 0.3) is 0 Å². The molecule has 0 spiro atoms. The van der Waals surface area contributed by atoms with Crippen molar-refractivity contribution in [2.45, 2.75) is 6.04 Å². The standard InChI is InChI=1S/C8H10FN3O2.ClH/c9-6-2-1-5(7(11)4-10)3-8(6)12(13)14;/h1-3,7H,4,10-11H2;1H/t7-;/m0./s1. The van der Waals surface area contributed by atoms with Crippen LogP contribution in [0.3, 0.4) is 0 Å². The zero-order chi connectivity index (χ0) is 10.7. The maximum absolute atomic E-state index is 12.9. The van der Waals surface area contributed by atoms with Gasteiger partial charge in [-0.2, -0.15) is 4.39 Å². The summed E-state index contributed by atoms with van der Waals surface area (Å²) in [6.45, 7) is 0.156. The first-order chi connectivity index (χ1) is 6.56. The van der Waals surface area contributed by atoms with Crippen molar-refractivity contribution in [3.63, 3.8) is 0 Å². The Morgan fingerprint density at radius 3 is 2.60 bits per heavy atom. The molecule has 0 radical (unpaired) electrons. The largest absolute Gasteiger partial charge is 0.329 e. The van der Waals surface area contributed by atoms with Crippen LogP contribution in [0.15, 0.2) is 18.2 Å². The van der Waals surface area contributed by atoms with Gasteiger partial charge in [-0.1, -0.05) is 6.07 Å². The first-order valence-electron chi connectivity index (χ1n) is 3.95. The van der Waals surface area contributed by atoms with E-state index in [1.807, 2.05) is 0 Å². The molecule has 0 unspecified atom stereocenters. The van der Waals surface area contributed by atoms with Crippen LogP contribution in [-0.2, 0) is 0 Å². The third-order valence-electron chi connectivity index (χ3n) is 1.85. The molecule has 0 aliphatic carbocycles. The van der Waals surface area contributed by atoms with Gasteiger partial charge in [-0.25, -0.2) is 0 Å². The van der Waals surface area contributed by atoms with Crippen LogP contribution >= 0.6 is 12.4 Å². The van der Waals surface area contributed by atoms with E-state index < -0.39 is 22.5 Å². The predicted molar refractivity (Wildman–Crippen MR) is 56.3 cm³/mol. The lowest BCUT2D eigenvalue weighted by molar-refractivity contribution is -0.387. The topological polar surface area (TPSA) is 95.2 Å². The normalized spacial score (nSPS) is 11.7. The molecule has 1 aromatic carbocycles. The number of halogens is 2. The maximum atomic E-state index is 12.9. The summed E-state index contributed by atoms with van der Waals surface area (Å²) in [6, 6.07) is 3.00. The Labute approximate surface area is 91.8 Å². The van der Waals surface area contributed by atoms with Gasteiger partial charge in [-0.3, -0.25) is 10.1 Å². The molecule has 1 aromatic rings. The van der Waals surface area contributed by atoms with E-state index in [9.17, 15) is 14.5 Å². The van der Waals surface area contributed by atoms with Crippen molar-refractivity contribution in [3.05, 3.63) is 39.7 Å². The van der Waals surface area contributed by atoms with E-state index in [2.05, 4.69) is 0 Å². The number of nitrogens with zero attached hydrogens (tertiary/aromatic N) is 1. The highest BCUT2D eigenvalue weighted by Crippen LogP contribution is 2.21. The Hall–Kier alpha value is -1.24. The van der Waals surface area contributed by atoms with Gasteiger partial charge < -0.3 is 11.5 Å². The second-order valence-corrected chi connectivity index (χ2v) is 2.81. The Morgan fingerprint density at radius 1 is 1.53 bits per heavy atom. The average Bonchev–Trinajstić information content (AvgIpc) is 2.17. The van der Waals surface area contributed by atoms with Crippen molar-refractivity contribution in [1.29, 1.82) is 0 Å². The SMILES string of the molecule is Cl.NC[C@H](N)c1ccc(F)c([N+](=O)[O-])c1. The molecule has 7 heteroatoms. The molecule has 5 nitrogen and oxygen atoms in total. The molecule has 84 valence electrons. The molecule has 0 heterocycles. The highest BCUT2D eigenvalue weighted by atomic mass is 35.5. The molecule has 0 saturated heterocycles. The highest BCUT2D eigenvalue weighted by molar-refractivity contribution is 5.85. The highest BCUT2D eigenvalue weighted by Gasteiger charge is 2.16. The minimum absolute atomic E-state index is 0. The summed E-state index contributed by atoms with van der Waals surface area (Å²) in [5, 5.41) is 10.4. The van der Waals surface area contributed by atoms with E-state index in [0.29, 0.717) is 5.56 Å². The molecule has 1 atom stereocenters. The van der Waals surface area contributed by atoms with E-state index in [4.69, 9.17) is 11.5 Å². The summed E-state index contributed by atoms with van der Waals surface area (Å²) in [5.41, 5.74) is 10.7. The maximum Gasteiger partial charge on any atom is 0.305 e. The van der Waals surface area contributed by atoms with E-state index in [1.165, 1.54) is 6.07 Å². The predicted octanol–water partition coefficient (Wildman–Crippen LogP) is 1.11. The van der Waals surface area contributed by atoms with Crippen LogP contribution in [-0.4, -0.2) is 11.5 Å². The number of hydrogen-bond donors (Lipinski definition) is 2. The summed E-state index contributed by atoms with van der Waals surface area (Å²) < 4.78 is 12.9. The van der Waals surface area contributed by atoms with E-state index in [-0.39, 0.29) is 19.0 Å². The van der Waals surface area contributed by atoms with Gasteiger partial charge in [0.05, 0.1) is 4.92 Å².